The minimum atomic E-state index is -10.2. The van der Waals surface area contributed by atoms with Crippen molar-refractivity contribution in [2.45, 2.75) is 87.7 Å². The molecule has 1 amide bonds. The number of carbonyl (C=O) groups is 1. The van der Waals surface area contributed by atoms with E-state index in [1.165, 1.54) is 6.07 Å². The van der Waals surface area contributed by atoms with E-state index in [9.17, 15) is 24.2 Å². The van der Waals surface area contributed by atoms with Crippen molar-refractivity contribution < 1.29 is 38.4 Å². The van der Waals surface area contributed by atoms with Crippen LogP contribution in [-0.4, -0.2) is 59.7 Å². The number of hydrogen-bond acceptors (Lipinski definition) is 6. The average molecular weight is 598 g/mol. The first-order valence-electron chi connectivity index (χ1n) is 12.8. The molecule has 0 spiro atoms. The number of nitrogens with zero attached hydrogens (tertiary/aromatic N) is 3. The fourth-order valence-corrected chi connectivity index (χ4v) is 6.86. The molecule has 218 valence electrons. The fraction of sp³-hybridized carbons (Fsp3) is 0.640. The van der Waals surface area contributed by atoms with E-state index in [0.717, 1.165) is 30.2 Å². The van der Waals surface area contributed by atoms with Crippen molar-refractivity contribution in [1.29, 1.82) is 5.26 Å². The summed E-state index contributed by atoms with van der Waals surface area (Å²) in [5.74, 6) is -0.634. The summed E-state index contributed by atoms with van der Waals surface area (Å²) in [6.45, 7) is 4.74. The van der Waals surface area contributed by atoms with Crippen LogP contribution < -0.4 is 4.90 Å². The molecule has 3 fully saturated rings. The Morgan fingerprint density at radius 1 is 1.08 bits per heavy atom. The Labute approximate surface area is 229 Å². The van der Waals surface area contributed by atoms with Crippen molar-refractivity contribution in [1.82, 2.24) is 4.90 Å². The van der Waals surface area contributed by atoms with Crippen LogP contribution in [0.5, 0.6) is 0 Å². The third-order valence-corrected chi connectivity index (χ3v) is 8.92. The lowest BCUT2D eigenvalue weighted by atomic mass is 9.89. The molecular formula is C25H32F5N3O4S2. The van der Waals surface area contributed by atoms with Crippen LogP contribution in [0.2, 0.25) is 0 Å². The number of ether oxygens (including phenoxy) is 3. The van der Waals surface area contributed by atoms with Gasteiger partial charge in [0.25, 0.3) is 5.91 Å². The Kier molecular flexibility index (Phi) is 7.75. The second-order valence-corrected chi connectivity index (χ2v) is 13.3. The van der Waals surface area contributed by atoms with Gasteiger partial charge in [0.2, 0.25) is 0 Å². The molecule has 14 heteroatoms. The van der Waals surface area contributed by atoms with E-state index in [1.54, 1.807) is 18.7 Å². The molecule has 3 aliphatic rings. The van der Waals surface area contributed by atoms with Crippen molar-refractivity contribution in [3.8, 4) is 6.07 Å². The summed E-state index contributed by atoms with van der Waals surface area (Å²) in [4.78, 5) is 13.6. The smallest absolute Gasteiger partial charge is 0.311 e. The minimum Gasteiger partial charge on any atom is -0.376 e. The molecule has 2 saturated heterocycles. The molecule has 7 nitrogen and oxygen atoms in total. The van der Waals surface area contributed by atoms with Gasteiger partial charge in [-0.2, -0.15) is 5.26 Å². The van der Waals surface area contributed by atoms with Gasteiger partial charge in [-0.3, -0.25) is 9.69 Å². The maximum atomic E-state index is 13.7. The van der Waals surface area contributed by atoms with Crippen LogP contribution in [0.25, 0.3) is 0 Å². The molecular weight excluding hydrogens is 565 g/mol. The highest BCUT2D eigenvalue weighted by Gasteiger charge is 2.67. The highest BCUT2D eigenvalue weighted by Crippen LogP contribution is 3.02. The number of rotatable bonds is 8. The van der Waals surface area contributed by atoms with Gasteiger partial charge < -0.3 is 19.1 Å². The van der Waals surface area contributed by atoms with E-state index in [4.69, 9.17) is 31.7 Å². The largest absolute Gasteiger partial charge is 0.376 e. The summed E-state index contributed by atoms with van der Waals surface area (Å²) in [5, 5.41) is 8.95. The first kappa shape index (κ1) is 29.9. The Hall–Kier alpha value is -2.05. The summed E-state index contributed by atoms with van der Waals surface area (Å²) >= 11 is 5.53. The number of anilines is 1. The fourth-order valence-electron chi connectivity index (χ4n) is 5.42. The zero-order valence-electron chi connectivity index (χ0n) is 21.7. The number of hydrogen-bond donors (Lipinski definition) is 0. The summed E-state index contributed by atoms with van der Waals surface area (Å²) in [6, 6.07) is 2.79. The standard InChI is InChI=1S/C25H32F5N3O4S2/c1-25(2)23(34)32(19-7-6-17(16-31)21(15-19)39(26,27,28,29)30)24(38)33(25)18-8-10-20(11-9-18)35-13-14-37-22-5-3-4-12-36-22/h6-7,15,18,20,22H,3-5,8-14H2,1-2H3. The molecule has 1 aromatic rings. The van der Waals surface area contributed by atoms with Crippen molar-refractivity contribution in [2.75, 3.05) is 24.7 Å². The topological polar surface area (TPSA) is 75.0 Å². The quantitative estimate of drug-likeness (QED) is 0.185. The zero-order valence-corrected chi connectivity index (χ0v) is 23.3. The van der Waals surface area contributed by atoms with Crippen molar-refractivity contribution in [3.05, 3.63) is 23.8 Å². The van der Waals surface area contributed by atoms with E-state index in [1.807, 2.05) is 0 Å². The van der Waals surface area contributed by atoms with Gasteiger partial charge in [0.05, 0.1) is 30.6 Å². The molecule has 1 saturated carbocycles. The molecule has 1 aliphatic carbocycles. The summed E-state index contributed by atoms with van der Waals surface area (Å²) in [5.41, 5.74) is -2.89. The van der Waals surface area contributed by atoms with Crippen LogP contribution in [0.15, 0.2) is 23.1 Å². The van der Waals surface area contributed by atoms with Gasteiger partial charge in [-0.1, -0.05) is 19.4 Å². The van der Waals surface area contributed by atoms with Crippen molar-refractivity contribution in [3.63, 3.8) is 0 Å². The Morgan fingerprint density at radius 2 is 1.74 bits per heavy atom. The van der Waals surface area contributed by atoms with Crippen molar-refractivity contribution in [2.24, 2.45) is 0 Å². The molecule has 0 bridgehead atoms. The molecule has 2 heterocycles. The average Bonchev–Trinajstić information content (AvgIpc) is 3.04. The molecule has 39 heavy (non-hydrogen) atoms. The van der Waals surface area contributed by atoms with Crippen LogP contribution >= 0.6 is 22.4 Å². The van der Waals surface area contributed by atoms with Crippen LogP contribution in [0.4, 0.5) is 25.1 Å². The maximum Gasteiger partial charge on any atom is 0.311 e. The lowest BCUT2D eigenvalue weighted by Crippen LogP contribution is -2.51. The van der Waals surface area contributed by atoms with Crippen molar-refractivity contribution >= 4 is 39.1 Å². The number of thiocarbonyl (C=S) groups is 1. The van der Waals surface area contributed by atoms with E-state index in [0.29, 0.717) is 51.6 Å². The minimum absolute atomic E-state index is 0.0122. The van der Waals surface area contributed by atoms with E-state index in [2.05, 4.69) is 0 Å². The summed E-state index contributed by atoms with van der Waals surface area (Å²) in [7, 11) is -10.2. The predicted molar refractivity (Wildman–Crippen MR) is 140 cm³/mol. The molecule has 0 aromatic heterocycles. The monoisotopic (exact) mass is 597 g/mol. The zero-order chi connectivity index (χ0) is 28.7. The normalized spacial score (nSPS) is 27.7. The van der Waals surface area contributed by atoms with E-state index in [-0.39, 0.29) is 29.6 Å². The van der Waals surface area contributed by atoms with Gasteiger partial charge in [-0.25, -0.2) is 0 Å². The van der Waals surface area contributed by atoms with Gasteiger partial charge in [0.15, 0.2) is 11.4 Å². The van der Waals surface area contributed by atoms with Crippen LogP contribution in [0, 0.1) is 11.3 Å². The first-order chi connectivity index (χ1) is 18.0. The second-order valence-electron chi connectivity index (χ2n) is 10.6. The number of amides is 1. The van der Waals surface area contributed by atoms with Gasteiger partial charge >= 0.3 is 10.2 Å². The number of nitriles is 1. The molecule has 1 unspecified atom stereocenters. The molecule has 0 N–H and O–H groups in total. The highest BCUT2D eigenvalue weighted by molar-refractivity contribution is 8.45. The maximum absolute atomic E-state index is 13.7. The number of carbonyl (C=O) groups excluding carboxylic acids is 1. The van der Waals surface area contributed by atoms with Gasteiger partial charge in [0, 0.05) is 12.6 Å². The third-order valence-electron chi connectivity index (χ3n) is 7.37. The molecule has 0 radical (unpaired) electrons. The Balaban J connectivity index is 1.42. The SMILES string of the molecule is CC1(C)C(=O)N(c2ccc(C#N)c(S(F)(F)(F)(F)F)c2)C(=S)N1C1CCC(OCCOC2CCCCO2)CC1. The molecule has 2 aliphatic heterocycles. The highest BCUT2D eigenvalue weighted by atomic mass is 32.5. The number of benzene rings is 1. The van der Waals surface area contributed by atoms with Crippen LogP contribution in [0.3, 0.4) is 0 Å². The molecule has 1 aromatic carbocycles. The van der Waals surface area contributed by atoms with E-state index >= 15 is 0 Å². The molecule has 4 rings (SSSR count). The molecule has 1 atom stereocenters. The number of halogens is 5. The van der Waals surface area contributed by atoms with E-state index < -0.39 is 37.8 Å². The van der Waals surface area contributed by atoms with Gasteiger partial charge in [0.1, 0.15) is 16.5 Å². The lowest BCUT2D eigenvalue weighted by molar-refractivity contribution is -0.172. The first-order valence-corrected chi connectivity index (χ1v) is 15.2. The lowest BCUT2D eigenvalue weighted by Gasteiger charge is -2.41. The van der Waals surface area contributed by atoms with Gasteiger partial charge in [-0.05, 0) is 89.2 Å². The van der Waals surface area contributed by atoms with Gasteiger partial charge in [-0.15, -0.1) is 0 Å². The Morgan fingerprint density at radius 3 is 2.33 bits per heavy atom. The summed E-state index contributed by atoms with van der Waals surface area (Å²) < 4.78 is 85.6. The predicted octanol–water partition coefficient (Wildman–Crippen LogP) is 6.80. The Bertz CT molecular complexity index is 1160. The summed E-state index contributed by atoms with van der Waals surface area (Å²) in [6.07, 6.45) is 5.38. The van der Waals surface area contributed by atoms with Crippen LogP contribution in [-0.2, 0) is 19.0 Å². The third kappa shape index (κ3) is 6.48. The van der Waals surface area contributed by atoms with Crippen LogP contribution in [0.1, 0.15) is 64.4 Å². The second kappa shape index (κ2) is 10.1.